The second-order valence-corrected chi connectivity index (χ2v) is 15.3. The average Bonchev–Trinajstić information content (AvgIpc) is 3.65. The number of aryl methyl sites for hydroxylation is 2. The number of hydrogen-bond donors (Lipinski definition) is 3. The summed E-state index contributed by atoms with van der Waals surface area (Å²) in [6.45, 7) is 2.66. The second-order valence-electron chi connectivity index (χ2n) is 15.3. The fourth-order valence-corrected chi connectivity index (χ4v) is 8.44. The summed E-state index contributed by atoms with van der Waals surface area (Å²) in [7, 11) is 3.70. The zero-order valence-electron chi connectivity index (χ0n) is 33.0. The van der Waals surface area contributed by atoms with E-state index in [2.05, 4.69) is 121 Å². The number of aromatic nitrogens is 5. The molecule has 0 radical (unpaired) electrons. The molecule has 4 heterocycles. The zero-order chi connectivity index (χ0) is 39.4. The van der Waals surface area contributed by atoms with E-state index in [1.165, 1.54) is 34.9 Å². The van der Waals surface area contributed by atoms with E-state index in [0.717, 1.165) is 94.7 Å². The number of benzene rings is 5. The Morgan fingerprint density at radius 2 is 1.50 bits per heavy atom. The van der Waals surface area contributed by atoms with E-state index >= 15 is 0 Å². The maximum atomic E-state index is 6.18. The standard InChI is InChI=1S/C25H24N4O.C23H24N4O/c1-30-24-10-9-17(13-21(24)26)20-14-18(15-23-25(20)28-12-11-27-23)29-22-8-4-6-16-5-2-3-7-19(16)22;1-27-9-6-17-4-5-18(11-22(17)27)20-12-19(13-21-23(20)25-8-7-24-21)26-14-16-3-2-10-28-15-16/h2-3,5,7,9-15,22,29H,4,6,8,26H2,1H3;4-9,11-13,16,26H,2-3,10,14-15H2,1H3/t22-;/m1./s1. The van der Waals surface area contributed by atoms with Crippen molar-refractivity contribution in [3.05, 3.63) is 133 Å². The van der Waals surface area contributed by atoms with E-state index in [9.17, 15) is 0 Å². The van der Waals surface area contributed by atoms with Crippen molar-refractivity contribution in [2.24, 2.45) is 13.0 Å². The van der Waals surface area contributed by atoms with Crippen LogP contribution in [0.15, 0.2) is 122 Å². The van der Waals surface area contributed by atoms with Crippen LogP contribution in [-0.4, -0.2) is 51.4 Å². The summed E-state index contributed by atoms with van der Waals surface area (Å²) < 4.78 is 13.1. The molecule has 5 aromatic carbocycles. The van der Waals surface area contributed by atoms with Crippen LogP contribution in [0.2, 0.25) is 0 Å². The van der Waals surface area contributed by atoms with Gasteiger partial charge in [-0.05, 0) is 114 Å². The van der Waals surface area contributed by atoms with Gasteiger partial charge in [0.2, 0.25) is 0 Å². The Balaban J connectivity index is 0.000000151. The first-order valence-electron chi connectivity index (χ1n) is 20.2. The molecule has 0 spiro atoms. The molecule has 1 aliphatic carbocycles. The third-order valence-corrected chi connectivity index (χ3v) is 11.4. The predicted octanol–water partition coefficient (Wildman–Crippen LogP) is 10.0. The Labute approximate surface area is 338 Å². The van der Waals surface area contributed by atoms with Crippen LogP contribution in [0, 0.1) is 5.92 Å². The van der Waals surface area contributed by atoms with E-state index in [-0.39, 0.29) is 6.04 Å². The lowest BCUT2D eigenvalue weighted by molar-refractivity contribution is 0.0595. The molecule has 1 fully saturated rings. The van der Waals surface area contributed by atoms with Gasteiger partial charge in [-0.25, -0.2) is 0 Å². The molecule has 3 aromatic heterocycles. The lowest BCUT2D eigenvalue weighted by Crippen LogP contribution is -2.24. The molecule has 0 amide bonds. The highest BCUT2D eigenvalue weighted by molar-refractivity contribution is 5.97. The monoisotopic (exact) mass is 768 g/mol. The molecule has 58 heavy (non-hydrogen) atoms. The van der Waals surface area contributed by atoms with Gasteiger partial charge in [-0.15, -0.1) is 0 Å². The quantitative estimate of drug-likeness (QED) is 0.130. The van der Waals surface area contributed by atoms with Crippen LogP contribution in [-0.2, 0) is 18.2 Å². The topological polar surface area (TPSA) is 125 Å². The molecule has 8 aromatic rings. The molecule has 1 saturated heterocycles. The van der Waals surface area contributed by atoms with Gasteiger partial charge < -0.3 is 30.4 Å². The highest BCUT2D eigenvalue weighted by Gasteiger charge is 2.21. The highest BCUT2D eigenvalue weighted by Crippen LogP contribution is 2.38. The molecule has 1 aliphatic heterocycles. The summed E-state index contributed by atoms with van der Waals surface area (Å²) in [6, 6.07) is 32.1. The molecular formula is C48H48N8O2. The third kappa shape index (κ3) is 7.75. The van der Waals surface area contributed by atoms with Crippen LogP contribution >= 0.6 is 0 Å². The molecule has 292 valence electrons. The van der Waals surface area contributed by atoms with Crippen molar-refractivity contribution in [1.29, 1.82) is 0 Å². The first kappa shape index (κ1) is 37.1. The summed E-state index contributed by atoms with van der Waals surface area (Å²) in [6.07, 6.45) is 14.9. The van der Waals surface area contributed by atoms with Crippen LogP contribution in [0.25, 0.3) is 55.2 Å². The molecule has 10 heteroatoms. The Bertz CT molecular complexity index is 2720. The van der Waals surface area contributed by atoms with Gasteiger partial charge in [0.05, 0.1) is 47.5 Å². The van der Waals surface area contributed by atoms with Crippen molar-refractivity contribution < 1.29 is 9.47 Å². The van der Waals surface area contributed by atoms with Crippen molar-refractivity contribution in [2.75, 3.05) is 43.2 Å². The second kappa shape index (κ2) is 16.5. The Morgan fingerprint density at radius 3 is 2.26 bits per heavy atom. The molecule has 0 saturated carbocycles. The maximum Gasteiger partial charge on any atom is 0.141 e. The molecule has 10 rings (SSSR count). The number of rotatable bonds is 8. The van der Waals surface area contributed by atoms with Gasteiger partial charge in [0, 0.05) is 79.2 Å². The third-order valence-electron chi connectivity index (χ3n) is 11.4. The number of fused-ring (bicyclic) bond motifs is 4. The van der Waals surface area contributed by atoms with Crippen molar-refractivity contribution in [3.8, 4) is 28.0 Å². The summed E-state index contributed by atoms with van der Waals surface area (Å²) in [5, 5.41) is 8.60. The van der Waals surface area contributed by atoms with Gasteiger partial charge in [-0.1, -0.05) is 42.5 Å². The van der Waals surface area contributed by atoms with E-state index in [4.69, 9.17) is 15.2 Å². The fraction of sp³-hybridized carbons (Fsp3) is 0.250. The lowest BCUT2D eigenvalue weighted by Gasteiger charge is -2.27. The molecular weight excluding hydrogens is 721 g/mol. The number of methoxy groups -OCH3 is 1. The number of anilines is 3. The van der Waals surface area contributed by atoms with Crippen LogP contribution < -0.4 is 21.1 Å². The van der Waals surface area contributed by atoms with Gasteiger partial charge in [0.1, 0.15) is 5.75 Å². The van der Waals surface area contributed by atoms with Gasteiger partial charge in [0.15, 0.2) is 0 Å². The fourth-order valence-electron chi connectivity index (χ4n) is 8.44. The van der Waals surface area contributed by atoms with E-state index < -0.39 is 0 Å². The summed E-state index contributed by atoms with van der Waals surface area (Å²) in [4.78, 5) is 18.3. The normalized spacial score (nSPS) is 16.4. The van der Waals surface area contributed by atoms with Crippen molar-refractivity contribution in [1.82, 2.24) is 24.5 Å². The minimum atomic E-state index is 0.290. The van der Waals surface area contributed by atoms with Crippen LogP contribution in [0.5, 0.6) is 5.75 Å². The van der Waals surface area contributed by atoms with Crippen LogP contribution in [0.1, 0.15) is 42.9 Å². The smallest absolute Gasteiger partial charge is 0.141 e. The van der Waals surface area contributed by atoms with Crippen LogP contribution in [0.4, 0.5) is 17.1 Å². The minimum Gasteiger partial charge on any atom is -0.495 e. The summed E-state index contributed by atoms with van der Waals surface area (Å²) in [5.41, 5.74) is 20.8. The summed E-state index contributed by atoms with van der Waals surface area (Å²) in [5.74, 6) is 1.23. The van der Waals surface area contributed by atoms with Gasteiger partial charge in [-0.3, -0.25) is 19.9 Å². The molecule has 2 atom stereocenters. The Hall–Kier alpha value is -6.52. The first-order chi connectivity index (χ1) is 28.5. The number of nitrogens with zero attached hydrogens (tertiary/aromatic N) is 5. The van der Waals surface area contributed by atoms with Gasteiger partial charge >= 0.3 is 0 Å². The van der Waals surface area contributed by atoms with Gasteiger partial charge in [-0.2, -0.15) is 0 Å². The number of nitrogens with two attached hydrogens (primary N) is 1. The number of ether oxygens (including phenoxy) is 2. The SMILES string of the molecule is COc1ccc(-c2cc(N[C@@H]3CCCc4ccccc43)cc3nccnc23)cc1N.Cn1ccc2ccc(-c3cc(NCC4CCCOC4)cc4nccnc34)cc21. The highest BCUT2D eigenvalue weighted by atomic mass is 16.5. The Morgan fingerprint density at radius 1 is 0.776 bits per heavy atom. The van der Waals surface area contributed by atoms with E-state index in [0.29, 0.717) is 17.4 Å². The number of nitrogen functional groups attached to an aromatic ring is 1. The van der Waals surface area contributed by atoms with Crippen molar-refractivity contribution in [3.63, 3.8) is 0 Å². The van der Waals surface area contributed by atoms with E-state index in [1.54, 1.807) is 31.9 Å². The first-order valence-corrected chi connectivity index (χ1v) is 20.2. The zero-order valence-corrected chi connectivity index (χ0v) is 33.0. The van der Waals surface area contributed by atoms with Crippen molar-refractivity contribution in [2.45, 2.75) is 38.1 Å². The number of hydrogen-bond acceptors (Lipinski definition) is 9. The molecule has 2 aliphatic rings. The predicted molar refractivity (Wildman–Crippen MR) is 235 cm³/mol. The molecule has 4 N–H and O–H groups in total. The van der Waals surface area contributed by atoms with Gasteiger partial charge in [0.25, 0.3) is 0 Å². The van der Waals surface area contributed by atoms with E-state index in [1.807, 2.05) is 18.2 Å². The molecule has 0 bridgehead atoms. The molecule has 10 nitrogen and oxygen atoms in total. The van der Waals surface area contributed by atoms with Crippen molar-refractivity contribution >= 4 is 50.0 Å². The minimum absolute atomic E-state index is 0.290. The molecule has 1 unspecified atom stereocenters. The number of nitrogens with one attached hydrogen (secondary N) is 2. The average molecular weight is 769 g/mol. The largest absolute Gasteiger partial charge is 0.495 e. The maximum absolute atomic E-state index is 6.18. The Kier molecular flexibility index (Phi) is 10.6. The van der Waals surface area contributed by atoms with Crippen LogP contribution in [0.3, 0.4) is 0 Å². The lowest BCUT2D eigenvalue weighted by atomic mass is 9.87. The summed E-state index contributed by atoms with van der Waals surface area (Å²) >= 11 is 0.